The normalized spacial score (nSPS) is 14.1. The van der Waals surface area contributed by atoms with Gasteiger partial charge in [0.15, 0.2) is 0 Å². The van der Waals surface area contributed by atoms with Crippen molar-refractivity contribution in [3.8, 4) is 17.3 Å². The predicted molar refractivity (Wildman–Crippen MR) is 150 cm³/mol. The third-order valence-corrected chi connectivity index (χ3v) is 7.77. The molecule has 2 heterocycles. The summed E-state index contributed by atoms with van der Waals surface area (Å²) in [6.07, 6.45) is 2.85. The molecule has 202 valence electrons. The number of aryl methyl sites for hydroxylation is 1. The fraction of sp³-hybridized carbons (Fsp3) is 0.241. The molecular formula is C29H25ClN6O3S. The highest BCUT2D eigenvalue weighted by Gasteiger charge is 2.54. The Morgan fingerprint density at radius 3 is 2.62 bits per heavy atom. The number of nitrogens with one attached hydrogen (secondary N) is 2. The third kappa shape index (κ3) is 5.81. The van der Waals surface area contributed by atoms with Gasteiger partial charge in [-0.15, -0.1) is 11.3 Å². The Morgan fingerprint density at radius 1 is 1.18 bits per heavy atom. The van der Waals surface area contributed by atoms with Crippen LogP contribution in [0.3, 0.4) is 0 Å². The number of carbonyl (C=O) groups is 3. The molecule has 11 heteroatoms. The number of nitrogens with zero attached hydrogens (tertiary/aromatic N) is 4. The van der Waals surface area contributed by atoms with Crippen molar-refractivity contribution < 1.29 is 14.4 Å². The van der Waals surface area contributed by atoms with Crippen LogP contribution < -0.4 is 10.6 Å². The van der Waals surface area contributed by atoms with Gasteiger partial charge in [-0.2, -0.15) is 10.4 Å². The van der Waals surface area contributed by atoms with E-state index in [4.69, 9.17) is 16.7 Å². The van der Waals surface area contributed by atoms with Gasteiger partial charge in [0.1, 0.15) is 16.6 Å². The van der Waals surface area contributed by atoms with Crippen molar-refractivity contribution in [2.45, 2.75) is 44.3 Å². The predicted octanol–water partition coefficient (Wildman–Crippen LogP) is 3.94. The van der Waals surface area contributed by atoms with E-state index in [9.17, 15) is 19.6 Å². The molecule has 1 saturated carbocycles. The molecule has 2 aromatic carbocycles. The van der Waals surface area contributed by atoms with Crippen molar-refractivity contribution in [1.82, 2.24) is 25.4 Å². The highest BCUT2D eigenvalue weighted by Crippen LogP contribution is 2.45. The molecule has 0 spiro atoms. The zero-order chi connectivity index (χ0) is 28.3. The summed E-state index contributed by atoms with van der Waals surface area (Å²) in [4.78, 5) is 43.9. The molecule has 40 heavy (non-hydrogen) atoms. The molecule has 0 aliphatic heterocycles. The minimum absolute atomic E-state index is 0.129. The molecule has 9 nitrogen and oxygen atoms in total. The number of ketones is 1. The molecule has 2 amide bonds. The lowest BCUT2D eigenvalue weighted by Gasteiger charge is -2.23. The Hall–Kier alpha value is -4.33. The van der Waals surface area contributed by atoms with Crippen LogP contribution in [-0.2, 0) is 32.9 Å². The second-order valence-corrected chi connectivity index (χ2v) is 11.1. The fourth-order valence-electron chi connectivity index (χ4n) is 4.60. The van der Waals surface area contributed by atoms with Gasteiger partial charge in [-0.1, -0.05) is 41.9 Å². The van der Waals surface area contributed by atoms with Crippen LogP contribution in [0.1, 0.15) is 34.7 Å². The van der Waals surface area contributed by atoms with E-state index in [1.54, 1.807) is 34.5 Å². The molecule has 1 aliphatic carbocycles. The third-order valence-electron chi connectivity index (χ3n) is 6.77. The van der Waals surface area contributed by atoms with Crippen LogP contribution in [0.25, 0.3) is 11.3 Å². The number of benzene rings is 2. The molecule has 1 fully saturated rings. The van der Waals surface area contributed by atoms with Crippen molar-refractivity contribution >= 4 is 40.5 Å². The van der Waals surface area contributed by atoms with Gasteiger partial charge in [0.05, 0.1) is 23.9 Å². The fourth-order valence-corrected chi connectivity index (χ4v) is 5.39. The lowest BCUT2D eigenvalue weighted by atomic mass is 10.0. The van der Waals surface area contributed by atoms with Gasteiger partial charge in [0, 0.05) is 34.3 Å². The van der Waals surface area contributed by atoms with Crippen LogP contribution in [0, 0.1) is 18.3 Å². The SMILES string of the molecule is Cc1cc(-c2cc(Cl)cc(C#N)c2)nn1C1(C(=O)N[C@H](Cc2ccccc2)C(=O)C(=O)NCc2nccs2)CC1. The Bertz CT molecular complexity index is 1610. The van der Waals surface area contributed by atoms with Gasteiger partial charge in [-0.05, 0) is 49.6 Å². The second kappa shape index (κ2) is 11.4. The van der Waals surface area contributed by atoms with E-state index >= 15 is 0 Å². The van der Waals surface area contributed by atoms with Gasteiger partial charge in [0.2, 0.25) is 11.7 Å². The van der Waals surface area contributed by atoms with E-state index in [2.05, 4.69) is 21.7 Å². The van der Waals surface area contributed by atoms with Crippen molar-refractivity contribution in [3.05, 3.63) is 93.0 Å². The van der Waals surface area contributed by atoms with E-state index in [1.807, 2.05) is 43.3 Å². The van der Waals surface area contributed by atoms with Gasteiger partial charge in [0.25, 0.3) is 5.91 Å². The van der Waals surface area contributed by atoms with E-state index in [0.717, 1.165) is 11.3 Å². The Balaban J connectivity index is 1.37. The zero-order valence-corrected chi connectivity index (χ0v) is 23.1. The van der Waals surface area contributed by atoms with Crippen LogP contribution in [-0.4, -0.2) is 38.4 Å². The van der Waals surface area contributed by atoms with Crippen LogP contribution in [0.4, 0.5) is 0 Å². The minimum atomic E-state index is -1.06. The minimum Gasteiger partial charge on any atom is -0.343 e. The number of thiazole rings is 1. The summed E-state index contributed by atoms with van der Waals surface area (Å²) >= 11 is 7.56. The quantitative estimate of drug-likeness (QED) is 0.277. The zero-order valence-electron chi connectivity index (χ0n) is 21.6. The van der Waals surface area contributed by atoms with E-state index in [1.165, 1.54) is 11.3 Å². The first-order valence-electron chi connectivity index (χ1n) is 12.6. The first-order valence-corrected chi connectivity index (χ1v) is 13.9. The lowest BCUT2D eigenvalue weighted by Crippen LogP contribution is -2.52. The van der Waals surface area contributed by atoms with Crippen LogP contribution in [0.2, 0.25) is 5.02 Å². The van der Waals surface area contributed by atoms with Crippen molar-refractivity contribution in [3.63, 3.8) is 0 Å². The van der Waals surface area contributed by atoms with Crippen molar-refractivity contribution in [2.24, 2.45) is 0 Å². The molecule has 0 unspecified atom stereocenters. The van der Waals surface area contributed by atoms with E-state index in [-0.39, 0.29) is 18.9 Å². The molecular weight excluding hydrogens is 548 g/mol. The van der Waals surface area contributed by atoms with Crippen molar-refractivity contribution in [1.29, 1.82) is 5.26 Å². The number of hydrogen-bond acceptors (Lipinski definition) is 7. The van der Waals surface area contributed by atoms with Gasteiger partial charge in [-0.25, -0.2) is 4.98 Å². The van der Waals surface area contributed by atoms with Crippen LogP contribution in [0.5, 0.6) is 0 Å². The Morgan fingerprint density at radius 2 is 1.95 bits per heavy atom. The lowest BCUT2D eigenvalue weighted by molar-refractivity contribution is -0.140. The van der Waals surface area contributed by atoms with Gasteiger partial charge in [-0.3, -0.25) is 19.1 Å². The van der Waals surface area contributed by atoms with Crippen LogP contribution in [0.15, 0.2) is 66.2 Å². The number of carbonyl (C=O) groups excluding carboxylic acids is 3. The first kappa shape index (κ1) is 27.2. The number of nitriles is 1. The highest BCUT2D eigenvalue weighted by atomic mass is 35.5. The molecule has 1 aliphatic rings. The first-order chi connectivity index (χ1) is 19.3. The van der Waals surface area contributed by atoms with Gasteiger partial charge < -0.3 is 10.6 Å². The average Bonchev–Trinajstić information content (AvgIpc) is 3.40. The summed E-state index contributed by atoms with van der Waals surface area (Å²) in [6.45, 7) is 1.97. The summed E-state index contributed by atoms with van der Waals surface area (Å²) in [6, 6.07) is 17.1. The maximum absolute atomic E-state index is 13.7. The monoisotopic (exact) mass is 572 g/mol. The maximum Gasteiger partial charge on any atom is 0.289 e. The second-order valence-electron chi connectivity index (χ2n) is 9.64. The maximum atomic E-state index is 13.7. The van der Waals surface area contributed by atoms with Crippen LogP contribution >= 0.6 is 22.9 Å². The number of rotatable bonds is 10. The van der Waals surface area contributed by atoms with Crippen molar-refractivity contribution in [2.75, 3.05) is 0 Å². The highest BCUT2D eigenvalue weighted by molar-refractivity contribution is 7.09. The Kier molecular flexibility index (Phi) is 7.78. The summed E-state index contributed by atoms with van der Waals surface area (Å²) in [5.74, 6) is -1.89. The van der Waals surface area contributed by atoms with E-state index < -0.39 is 23.3 Å². The molecule has 2 N–H and O–H groups in total. The number of amides is 2. The largest absolute Gasteiger partial charge is 0.343 e. The molecule has 0 radical (unpaired) electrons. The molecule has 2 aromatic heterocycles. The summed E-state index contributed by atoms with van der Waals surface area (Å²) < 4.78 is 1.66. The average molecular weight is 573 g/mol. The smallest absolute Gasteiger partial charge is 0.289 e. The van der Waals surface area contributed by atoms with E-state index in [0.29, 0.717) is 39.7 Å². The summed E-state index contributed by atoms with van der Waals surface area (Å²) in [5.41, 5.74) is 2.22. The standard InChI is InChI=1S/C29H25ClN6O3S/c1-18-11-23(21-12-20(16-31)13-22(30)15-21)35-36(18)29(7-8-29)28(39)34-24(14-19-5-3-2-4-6-19)26(37)27(38)33-17-25-32-9-10-40-25/h2-6,9-13,15,24H,7-8,14,17H2,1H3,(H,33,38)(H,34,39)/t24-/m1/s1. The number of Topliss-reactive ketones (excluding diaryl/α,β-unsaturated/α-hetero) is 1. The summed E-state index contributed by atoms with van der Waals surface area (Å²) in [5, 5.41) is 22.4. The molecule has 5 rings (SSSR count). The topological polar surface area (TPSA) is 130 Å². The number of hydrogen-bond donors (Lipinski definition) is 2. The molecule has 1 atom stereocenters. The van der Waals surface area contributed by atoms with Gasteiger partial charge >= 0.3 is 0 Å². The molecule has 4 aromatic rings. The Labute approximate surface area is 239 Å². The number of halogens is 1. The molecule has 0 bridgehead atoms. The summed E-state index contributed by atoms with van der Waals surface area (Å²) in [7, 11) is 0. The number of aromatic nitrogens is 3. The molecule has 0 saturated heterocycles.